The summed E-state index contributed by atoms with van der Waals surface area (Å²) in [4.78, 5) is 41.6. The van der Waals surface area contributed by atoms with Gasteiger partial charge in [-0.05, 0) is 57.7 Å². The van der Waals surface area contributed by atoms with Gasteiger partial charge in [0.15, 0.2) is 5.13 Å². The number of aromatic amines is 1. The van der Waals surface area contributed by atoms with Crippen molar-refractivity contribution < 1.29 is 4.79 Å². The lowest BCUT2D eigenvalue weighted by molar-refractivity contribution is -0.121. The van der Waals surface area contributed by atoms with Gasteiger partial charge in [0.2, 0.25) is 5.91 Å². The van der Waals surface area contributed by atoms with Crippen LogP contribution in [0.2, 0.25) is 0 Å². The zero-order valence-electron chi connectivity index (χ0n) is 16.3. The van der Waals surface area contributed by atoms with E-state index in [1.807, 2.05) is 12.3 Å². The molecule has 3 aromatic heterocycles. The van der Waals surface area contributed by atoms with Crippen molar-refractivity contribution in [3.63, 3.8) is 0 Å². The third-order valence-electron chi connectivity index (χ3n) is 5.80. The second-order valence-corrected chi connectivity index (χ2v) is 9.83. The number of carbonyl (C=O) groups excluding carboxylic acids is 1. The Morgan fingerprint density at radius 3 is 2.90 bits per heavy atom. The van der Waals surface area contributed by atoms with E-state index in [9.17, 15) is 9.59 Å². The van der Waals surface area contributed by atoms with Gasteiger partial charge in [-0.3, -0.25) is 14.5 Å². The maximum Gasteiger partial charge on any atom is 0.259 e. The molecule has 3 aromatic rings. The Kier molecular flexibility index (Phi) is 4.97. The van der Waals surface area contributed by atoms with Gasteiger partial charge in [-0.2, -0.15) is 0 Å². The maximum absolute atomic E-state index is 12.6. The van der Waals surface area contributed by atoms with E-state index in [0.29, 0.717) is 11.7 Å². The lowest BCUT2D eigenvalue weighted by Gasteiger charge is -2.30. The van der Waals surface area contributed by atoms with E-state index in [4.69, 9.17) is 4.98 Å². The summed E-state index contributed by atoms with van der Waals surface area (Å²) in [5.41, 5.74) is 2.14. The molecule has 0 aromatic carbocycles. The predicted molar refractivity (Wildman–Crippen MR) is 116 cm³/mol. The fraction of sp³-hybridized carbons (Fsp3) is 0.500. The predicted octanol–water partition coefficient (Wildman–Crippen LogP) is 3.09. The number of rotatable bonds is 4. The van der Waals surface area contributed by atoms with Gasteiger partial charge < -0.3 is 10.3 Å². The van der Waals surface area contributed by atoms with Gasteiger partial charge in [-0.15, -0.1) is 22.7 Å². The van der Waals surface area contributed by atoms with E-state index in [1.54, 1.807) is 11.3 Å². The van der Waals surface area contributed by atoms with Crippen LogP contribution >= 0.6 is 22.7 Å². The lowest BCUT2D eigenvalue weighted by Crippen LogP contribution is -2.38. The van der Waals surface area contributed by atoms with Crippen LogP contribution in [0.25, 0.3) is 10.2 Å². The highest BCUT2D eigenvalue weighted by molar-refractivity contribution is 7.18. The summed E-state index contributed by atoms with van der Waals surface area (Å²) in [7, 11) is 0. The van der Waals surface area contributed by atoms with E-state index in [0.717, 1.165) is 66.9 Å². The number of hydrogen-bond acceptors (Lipinski definition) is 7. The number of likely N-dealkylation sites (tertiary alicyclic amines) is 1. The average molecular weight is 430 g/mol. The monoisotopic (exact) mass is 429 g/mol. The second-order valence-electron chi connectivity index (χ2n) is 7.88. The molecule has 1 aliphatic carbocycles. The summed E-state index contributed by atoms with van der Waals surface area (Å²) in [5, 5.41) is 6.35. The summed E-state index contributed by atoms with van der Waals surface area (Å²) in [6, 6.07) is 0. The highest BCUT2D eigenvalue weighted by atomic mass is 32.1. The van der Waals surface area contributed by atoms with Gasteiger partial charge in [0.05, 0.1) is 17.6 Å². The molecule has 1 saturated heterocycles. The molecule has 0 atom stereocenters. The molecule has 4 heterocycles. The Hall–Kier alpha value is -2.10. The van der Waals surface area contributed by atoms with Crippen molar-refractivity contribution in [2.24, 2.45) is 5.92 Å². The number of H-pyrrole nitrogens is 1. The molecule has 9 heteroatoms. The fourth-order valence-electron chi connectivity index (χ4n) is 4.31. The van der Waals surface area contributed by atoms with Crippen LogP contribution in [0.3, 0.4) is 0 Å². The topological polar surface area (TPSA) is 91.0 Å². The summed E-state index contributed by atoms with van der Waals surface area (Å²) in [5.74, 6) is 0.786. The number of amides is 1. The molecule has 2 N–H and O–H groups in total. The Balaban J connectivity index is 1.22. The van der Waals surface area contributed by atoms with Gasteiger partial charge in [0.25, 0.3) is 5.56 Å². The lowest BCUT2D eigenvalue weighted by atomic mass is 9.96. The summed E-state index contributed by atoms with van der Waals surface area (Å²) < 4.78 is 0. The van der Waals surface area contributed by atoms with E-state index < -0.39 is 0 Å². The van der Waals surface area contributed by atoms with Crippen molar-refractivity contribution in [3.05, 3.63) is 37.7 Å². The van der Waals surface area contributed by atoms with Gasteiger partial charge in [-0.25, -0.2) is 9.97 Å². The summed E-state index contributed by atoms with van der Waals surface area (Å²) in [6.45, 7) is 4.17. The Morgan fingerprint density at radius 2 is 2.14 bits per heavy atom. The van der Waals surface area contributed by atoms with Crippen molar-refractivity contribution in [1.29, 1.82) is 0 Å². The minimum absolute atomic E-state index is 0.00240. The minimum atomic E-state index is -0.00240. The smallest absolute Gasteiger partial charge is 0.259 e. The second kappa shape index (κ2) is 7.62. The maximum atomic E-state index is 12.6. The number of thiophene rings is 1. The molecular formula is C20H23N5O2S2. The zero-order valence-corrected chi connectivity index (χ0v) is 17.9. The fourth-order valence-corrected chi connectivity index (χ4v) is 6.28. The van der Waals surface area contributed by atoms with Crippen molar-refractivity contribution >= 4 is 43.9 Å². The molecule has 1 fully saturated rings. The van der Waals surface area contributed by atoms with Gasteiger partial charge in [0, 0.05) is 16.2 Å². The van der Waals surface area contributed by atoms with E-state index in [2.05, 4.69) is 20.2 Å². The highest BCUT2D eigenvalue weighted by Gasteiger charge is 2.26. The molecule has 7 nitrogen and oxygen atoms in total. The first-order valence-corrected chi connectivity index (χ1v) is 11.8. The van der Waals surface area contributed by atoms with E-state index in [-0.39, 0.29) is 17.4 Å². The van der Waals surface area contributed by atoms with Crippen LogP contribution in [0.5, 0.6) is 0 Å². The standard InChI is InChI=1S/C20H23N5O2S2/c1-11-10-28-20(21-11)24-17(26)12-5-7-25(8-6-12)9-15-22-18(27)16-13-3-2-4-14(13)29-19(16)23-15/h10,12H,2-9H2,1H3,(H,21,24,26)(H,22,23,27). The first-order valence-electron chi connectivity index (χ1n) is 10.1. The Bertz CT molecular complexity index is 1120. The first-order chi connectivity index (χ1) is 14.1. The largest absolute Gasteiger partial charge is 0.309 e. The molecule has 1 amide bonds. The first kappa shape index (κ1) is 18.9. The minimum Gasteiger partial charge on any atom is -0.309 e. The molecule has 1 aliphatic heterocycles. The number of hydrogen-bond donors (Lipinski definition) is 2. The van der Waals surface area contributed by atoms with Crippen molar-refractivity contribution in [2.75, 3.05) is 18.4 Å². The molecule has 5 rings (SSSR count). The number of carbonyl (C=O) groups is 1. The molecular weight excluding hydrogens is 406 g/mol. The number of nitrogens with zero attached hydrogens (tertiary/aromatic N) is 3. The molecule has 0 bridgehead atoms. The van der Waals surface area contributed by atoms with E-state index >= 15 is 0 Å². The number of nitrogens with one attached hydrogen (secondary N) is 2. The van der Waals surface area contributed by atoms with Crippen molar-refractivity contribution in [2.45, 2.75) is 45.6 Å². The van der Waals surface area contributed by atoms with Crippen molar-refractivity contribution in [1.82, 2.24) is 19.9 Å². The zero-order chi connectivity index (χ0) is 20.0. The molecule has 152 valence electrons. The van der Waals surface area contributed by atoms with Gasteiger partial charge in [-0.1, -0.05) is 0 Å². The van der Waals surface area contributed by atoms with Crippen LogP contribution in [0, 0.1) is 12.8 Å². The van der Waals surface area contributed by atoms with Crippen LogP contribution in [0.1, 0.15) is 41.2 Å². The molecule has 0 saturated carbocycles. The molecule has 29 heavy (non-hydrogen) atoms. The summed E-state index contributed by atoms with van der Waals surface area (Å²) in [6.07, 6.45) is 4.81. The summed E-state index contributed by atoms with van der Waals surface area (Å²) >= 11 is 3.14. The quantitative estimate of drug-likeness (QED) is 0.665. The van der Waals surface area contributed by atoms with Gasteiger partial charge >= 0.3 is 0 Å². The Morgan fingerprint density at radius 1 is 1.31 bits per heavy atom. The van der Waals surface area contributed by atoms with Crippen molar-refractivity contribution in [3.8, 4) is 0 Å². The third kappa shape index (κ3) is 3.74. The Labute approximate surface area is 176 Å². The van der Waals surface area contributed by atoms with Crippen LogP contribution in [-0.4, -0.2) is 38.8 Å². The SMILES string of the molecule is Cc1csc(NC(=O)C2CCN(Cc3nc4sc5c(c4c(=O)[nH]3)CCC5)CC2)n1. The van der Waals surface area contributed by atoms with Crippen LogP contribution in [0.15, 0.2) is 10.2 Å². The van der Waals surface area contributed by atoms with Crippen LogP contribution < -0.4 is 10.9 Å². The van der Waals surface area contributed by atoms with Crippen LogP contribution in [0.4, 0.5) is 5.13 Å². The van der Waals surface area contributed by atoms with E-state index in [1.165, 1.54) is 21.8 Å². The molecule has 0 unspecified atom stereocenters. The number of piperidine rings is 1. The number of aromatic nitrogens is 3. The number of anilines is 1. The number of aryl methyl sites for hydroxylation is 3. The third-order valence-corrected chi connectivity index (χ3v) is 7.87. The molecule has 0 radical (unpaired) electrons. The van der Waals surface area contributed by atoms with Crippen LogP contribution in [-0.2, 0) is 24.2 Å². The number of thiazole rings is 1. The molecule has 2 aliphatic rings. The highest BCUT2D eigenvalue weighted by Crippen LogP contribution is 2.34. The number of fused-ring (bicyclic) bond motifs is 3. The molecule has 0 spiro atoms. The average Bonchev–Trinajstić information content (AvgIpc) is 3.38. The normalized spacial score (nSPS) is 17.7. The van der Waals surface area contributed by atoms with Gasteiger partial charge in [0.1, 0.15) is 10.7 Å².